The Hall–Kier alpha value is -1.14. The van der Waals surface area contributed by atoms with Gasteiger partial charge in [-0.3, -0.25) is 9.59 Å². The molecule has 0 spiro atoms. The molecule has 0 bridgehead atoms. The molecule has 1 aliphatic heterocycles. The standard InChI is InChI=1S/C18H26N2O2S2/c1-14-7-9-15(10-8-14)19-17(21)13-20(2)18(22)6-4-3-5-16-11-12-23-24-16/h7-10,16H,3-6,11-13H2,1-2H3,(H,19,21)/t16-/m0/s1. The molecule has 1 N–H and O–H groups in total. The fourth-order valence-corrected chi connectivity index (χ4v) is 5.57. The van der Waals surface area contributed by atoms with E-state index in [4.69, 9.17) is 0 Å². The highest BCUT2D eigenvalue weighted by Crippen LogP contribution is 2.39. The number of hydrogen-bond acceptors (Lipinski definition) is 4. The van der Waals surface area contributed by atoms with Crippen LogP contribution in [0.2, 0.25) is 0 Å². The van der Waals surface area contributed by atoms with Gasteiger partial charge in [-0.1, -0.05) is 45.7 Å². The third kappa shape index (κ3) is 6.77. The maximum Gasteiger partial charge on any atom is 0.243 e. The molecule has 1 heterocycles. The molecule has 132 valence electrons. The Kier molecular flexibility index (Phi) is 7.99. The Morgan fingerprint density at radius 1 is 1.25 bits per heavy atom. The molecule has 1 aromatic rings. The van der Waals surface area contributed by atoms with Crippen LogP contribution in [0.5, 0.6) is 0 Å². The van der Waals surface area contributed by atoms with Crippen molar-refractivity contribution >= 4 is 39.1 Å². The molecule has 1 fully saturated rings. The van der Waals surface area contributed by atoms with Gasteiger partial charge >= 0.3 is 0 Å². The van der Waals surface area contributed by atoms with Crippen molar-refractivity contribution in [1.29, 1.82) is 0 Å². The second-order valence-corrected chi connectivity index (χ2v) is 9.03. The van der Waals surface area contributed by atoms with Gasteiger partial charge < -0.3 is 10.2 Å². The van der Waals surface area contributed by atoms with Crippen molar-refractivity contribution in [2.24, 2.45) is 0 Å². The molecule has 0 unspecified atom stereocenters. The highest BCUT2D eigenvalue weighted by Gasteiger charge is 2.17. The quantitative estimate of drug-likeness (QED) is 0.556. The number of unbranched alkanes of at least 4 members (excludes halogenated alkanes) is 1. The number of rotatable bonds is 8. The molecule has 2 amide bonds. The molecule has 4 nitrogen and oxygen atoms in total. The number of anilines is 1. The topological polar surface area (TPSA) is 49.4 Å². The van der Waals surface area contributed by atoms with Crippen LogP contribution in [0.3, 0.4) is 0 Å². The molecule has 0 aliphatic carbocycles. The van der Waals surface area contributed by atoms with E-state index in [-0.39, 0.29) is 18.4 Å². The molecule has 24 heavy (non-hydrogen) atoms. The Balaban J connectivity index is 1.62. The Bertz CT molecular complexity index is 542. The van der Waals surface area contributed by atoms with Crippen molar-refractivity contribution in [1.82, 2.24) is 4.90 Å². The van der Waals surface area contributed by atoms with Gasteiger partial charge in [0, 0.05) is 30.2 Å². The van der Waals surface area contributed by atoms with E-state index in [1.165, 1.54) is 23.5 Å². The minimum absolute atomic E-state index is 0.0440. The average Bonchev–Trinajstić information content (AvgIpc) is 3.06. The van der Waals surface area contributed by atoms with Crippen LogP contribution in [0.4, 0.5) is 5.69 Å². The maximum atomic E-state index is 12.1. The molecule has 1 atom stereocenters. The molecule has 1 saturated heterocycles. The largest absolute Gasteiger partial charge is 0.336 e. The first-order valence-electron chi connectivity index (χ1n) is 8.43. The zero-order valence-electron chi connectivity index (χ0n) is 14.4. The van der Waals surface area contributed by atoms with Crippen LogP contribution in [0.1, 0.15) is 37.7 Å². The van der Waals surface area contributed by atoms with Crippen molar-refractivity contribution in [3.63, 3.8) is 0 Å². The minimum atomic E-state index is -0.158. The predicted molar refractivity (Wildman–Crippen MR) is 104 cm³/mol. The van der Waals surface area contributed by atoms with Crippen LogP contribution < -0.4 is 5.32 Å². The molecule has 6 heteroatoms. The number of benzene rings is 1. The summed E-state index contributed by atoms with van der Waals surface area (Å²) in [6, 6.07) is 7.64. The summed E-state index contributed by atoms with van der Waals surface area (Å²) in [6.45, 7) is 2.10. The lowest BCUT2D eigenvalue weighted by Gasteiger charge is -2.17. The van der Waals surface area contributed by atoms with Gasteiger partial charge in [0.05, 0.1) is 6.54 Å². The Morgan fingerprint density at radius 2 is 2.00 bits per heavy atom. The molecule has 0 saturated carbocycles. The van der Waals surface area contributed by atoms with Crippen molar-refractivity contribution in [3.8, 4) is 0 Å². The number of likely N-dealkylation sites (N-methyl/N-ethyl adjacent to an activating group) is 1. The normalized spacial score (nSPS) is 16.8. The van der Waals surface area contributed by atoms with E-state index >= 15 is 0 Å². The SMILES string of the molecule is Cc1ccc(NC(=O)CN(C)C(=O)CCCC[C@H]2CCSS2)cc1. The summed E-state index contributed by atoms with van der Waals surface area (Å²) in [5.41, 5.74) is 1.91. The van der Waals surface area contributed by atoms with Crippen molar-refractivity contribution in [2.75, 3.05) is 24.7 Å². The first-order chi connectivity index (χ1) is 11.5. The molecule has 1 aromatic carbocycles. The summed E-state index contributed by atoms with van der Waals surface area (Å²) in [7, 11) is 5.64. The highest BCUT2D eigenvalue weighted by atomic mass is 33.1. The van der Waals surface area contributed by atoms with E-state index in [1.807, 2.05) is 52.8 Å². The van der Waals surface area contributed by atoms with Gasteiger partial charge in [0.1, 0.15) is 0 Å². The number of amides is 2. The van der Waals surface area contributed by atoms with Crippen molar-refractivity contribution < 1.29 is 9.59 Å². The Labute approximate surface area is 152 Å². The monoisotopic (exact) mass is 366 g/mol. The van der Waals surface area contributed by atoms with E-state index < -0.39 is 0 Å². The van der Waals surface area contributed by atoms with Gasteiger partial charge in [-0.15, -0.1) is 0 Å². The van der Waals surface area contributed by atoms with E-state index in [2.05, 4.69) is 5.32 Å². The molecule has 1 aliphatic rings. The second kappa shape index (κ2) is 9.99. The average molecular weight is 367 g/mol. The van der Waals surface area contributed by atoms with Crippen LogP contribution in [0.15, 0.2) is 24.3 Å². The summed E-state index contributed by atoms with van der Waals surface area (Å²) >= 11 is 0. The zero-order chi connectivity index (χ0) is 17.4. The van der Waals surface area contributed by atoms with Crippen LogP contribution >= 0.6 is 21.6 Å². The first-order valence-corrected chi connectivity index (χ1v) is 10.8. The van der Waals surface area contributed by atoms with Crippen LogP contribution in [0.25, 0.3) is 0 Å². The van der Waals surface area contributed by atoms with Gasteiger partial charge in [0.25, 0.3) is 0 Å². The molecule has 0 radical (unpaired) electrons. The van der Waals surface area contributed by atoms with Crippen LogP contribution in [-0.4, -0.2) is 41.3 Å². The van der Waals surface area contributed by atoms with Gasteiger partial charge in [0.15, 0.2) is 0 Å². The number of nitrogens with one attached hydrogen (secondary N) is 1. The molecule has 0 aromatic heterocycles. The predicted octanol–water partition coefficient (Wildman–Crippen LogP) is 4.11. The van der Waals surface area contributed by atoms with Gasteiger partial charge in [-0.2, -0.15) is 0 Å². The molecular weight excluding hydrogens is 340 g/mol. The zero-order valence-corrected chi connectivity index (χ0v) is 16.0. The number of nitrogens with zero attached hydrogens (tertiary/aromatic N) is 1. The van der Waals surface area contributed by atoms with Gasteiger partial charge in [0.2, 0.25) is 11.8 Å². The van der Waals surface area contributed by atoms with E-state index in [1.54, 1.807) is 7.05 Å². The summed E-state index contributed by atoms with van der Waals surface area (Å²) in [5.74, 6) is 1.14. The third-order valence-corrected chi connectivity index (χ3v) is 7.04. The van der Waals surface area contributed by atoms with Gasteiger partial charge in [-0.05, 0) is 38.3 Å². The lowest BCUT2D eigenvalue weighted by molar-refractivity contribution is -0.133. The van der Waals surface area contributed by atoms with Crippen LogP contribution in [-0.2, 0) is 9.59 Å². The maximum absolute atomic E-state index is 12.1. The minimum Gasteiger partial charge on any atom is -0.336 e. The lowest BCUT2D eigenvalue weighted by Crippen LogP contribution is -2.34. The van der Waals surface area contributed by atoms with Crippen molar-refractivity contribution in [2.45, 2.75) is 44.3 Å². The number of carbonyl (C=O) groups is 2. The van der Waals surface area contributed by atoms with Gasteiger partial charge in [-0.25, -0.2) is 0 Å². The lowest BCUT2D eigenvalue weighted by atomic mass is 10.1. The first kappa shape index (κ1) is 19.2. The smallest absolute Gasteiger partial charge is 0.243 e. The van der Waals surface area contributed by atoms with Crippen molar-refractivity contribution in [3.05, 3.63) is 29.8 Å². The summed E-state index contributed by atoms with van der Waals surface area (Å²) < 4.78 is 0. The fraction of sp³-hybridized carbons (Fsp3) is 0.556. The summed E-state index contributed by atoms with van der Waals surface area (Å²) in [4.78, 5) is 25.6. The van der Waals surface area contributed by atoms with E-state index in [0.717, 1.165) is 29.3 Å². The third-order valence-electron chi connectivity index (χ3n) is 4.04. The van der Waals surface area contributed by atoms with E-state index in [9.17, 15) is 9.59 Å². The second-order valence-electron chi connectivity index (χ2n) is 6.24. The number of carbonyl (C=O) groups excluding carboxylic acids is 2. The number of aryl methyl sites for hydroxylation is 1. The fourth-order valence-electron chi connectivity index (χ4n) is 2.54. The number of hydrogen-bond donors (Lipinski definition) is 1. The highest BCUT2D eigenvalue weighted by molar-refractivity contribution is 8.77. The summed E-state index contributed by atoms with van der Waals surface area (Å²) in [5, 5.41) is 3.59. The van der Waals surface area contributed by atoms with Crippen LogP contribution in [0, 0.1) is 6.92 Å². The molecule has 2 rings (SSSR count). The Morgan fingerprint density at radius 3 is 2.67 bits per heavy atom. The molecular formula is C18H26N2O2S2. The van der Waals surface area contributed by atoms with E-state index in [0.29, 0.717) is 6.42 Å². The summed E-state index contributed by atoms with van der Waals surface area (Å²) in [6.07, 6.45) is 5.02.